The van der Waals surface area contributed by atoms with Gasteiger partial charge in [-0.15, -0.1) is 0 Å². The summed E-state index contributed by atoms with van der Waals surface area (Å²) in [5, 5.41) is 3.09. The van der Waals surface area contributed by atoms with E-state index in [2.05, 4.69) is 5.32 Å². The number of para-hydroxylation sites is 1. The second kappa shape index (κ2) is 7.27. The molecule has 22 heavy (non-hydrogen) atoms. The van der Waals surface area contributed by atoms with Crippen LogP contribution in [0.4, 0.5) is 10.1 Å². The number of ether oxygens (including phenoxy) is 2. The van der Waals surface area contributed by atoms with E-state index in [0.717, 1.165) is 30.8 Å². The van der Waals surface area contributed by atoms with Crippen LogP contribution in [0.1, 0.15) is 18.4 Å². The van der Waals surface area contributed by atoms with Gasteiger partial charge in [-0.05, 0) is 42.7 Å². The van der Waals surface area contributed by atoms with Crippen LogP contribution in [0.3, 0.4) is 0 Å². The summed E-state index contributed by atoms with van der Waals surface area (Å²) in [5.74, 6) is 0.601. The molecule has 0 spiro atoms. The minimum absolute atomic E-state index is 0.224. The van der Waals surface area contributed by atoms with Crippen molar-refractivity contribution in [3.63, 3.8) is 0 Å². The Labute approximate surface area is 130 Å². The minimum Gasteiger partial charge on any atom is -0.491 e. The third kappa shape index (κ3) is 3.98. The van der Waals surface area contributed by atoms with Gasteiger partial charge in [-0.1, -0.05) is 24.3 Å². The molecule has 3 rings (SSSR count). The molecular weight excluding hydrogens is 281 g/mol. The molecule has 2 aromatic carbocycles. The minimum atomic E-state index is -0.237. The highest BCUT2D eigenvalue weighted by atomic mass is 19.1. The Hall–Kier alpha value is -2.07. The lowest BCUT2D eigenvalue weighted by Crippen LogP contribution is -2.16. The van der Waals surface area contributed by atoms with Crippen LogP contribution in [0, 0.1) is 5.82 Å². The van der Waals surface area contributed by atoms with Crippen molar-refractivity contribution in [2.45, 2.75) is 25.5 Å². The molecule has 4 heteroatoms. The van der Waals surface area contributed by atoms with Crippen molar-refractivity contribution < 1.29 is 13.9 Å². The maximum absolute atomic E-state index is 13.5. The standard InChI is InChI=1S/C18H20FNO2/c19-17-5-1-2-6-18(17)20-12-14-7-9-15(10-8-14)22-13-16-4-3-11-21-16/h1-2,5-10,16,20H,3-4,11-13H2. The lowest BCUT2D eigenvalue weighted by atomic mass is 10.2. The Bertz CT molecular complexity index is 594. The van der Waals surface area contributed by atoms with Crippen LogP contribution in [-0.4, -0.2) is 19.3 Å². The van der Waals surface area contributed by atoms with Crippen molar-refractivity contribution in [1.82, 2.24) is 0 Å². The monoisotopic (exact) mass is 301 g/mol. The quantitative estimate of drug-likeness (QED) is 0.875. The molecule has 0 radical (unpaired) electrons. The van der Waals surface area contributed by atoms with Gasteiger partial charge < -0.3 is 14.8 Å². The number of benzene rings is 2. The van der Waals surface area contributed by atoms with Gasteiger partial charge >= 0.3 is 0 Å². The first-order valence-electron chi connectivity index (χ1n) is 7.63. The molecule has 1 fully saturated rings. The number of hydrogen-bond acceptors (Lipinski definition) is 3. The molecule has 0 aliphatic carbocycles. The lowest BCUT2D eigenvalue weighted by Gasteiger charge is -2.12. The first-order chi connectivity index (χ1) is 10.8. The van der Waals surface area contributed by atoms with E-state index < -0.39 is 0 Å². The van der Waals surface area contributed by atoms with Gasteiger partial charge in [0.1, 0.15) is 18.2 Å². The third-order valence-electron chi connectivity index (χ3n) is 3.74. The molecule has 0 aromatic heterocycles. The zero-order valence-corrected chi connectivity index (χ0v) is 12.4. The normalized spacial score (nSPS) is 17.4. The molecular formula is C18H20FNO2. The van der Waals surface area contributed by atoms with Gasteiger partial charge in [-0.2, -0.15) is 0 Å². The summed E-state index contributed by atoms with van der Waals surface area (Å²) in [6.07, 6.45) is 2.42. The number of anilines is 1. The van der Waals surface area contributed by atoms with E-state index in [1.54, 1.807) is 12.1 Å². The topological polar surface area (TPSA) is 30.5 Å². The van der Waals surface area contributed by atoms with Crippen molar-refractivity contribution in [2.24, 2.45) is 0 Å². The van der Waals surface area contributed by atoms with Crippen LogP contribution in [0.25, 0.3) is 0 Å². The maximum atomic E-state index is 13.5. The van der Waals surface area contributed by atoms with E-state index in [-0.39, 0.29) is 11.9 Å². The van der Waals surface area contributed by atoms with E-state index in [1.807, 2.05) is 30.3 Å². The fraction of sp³-hybridized carbons (Fsp3) is 0.333. The molecule has 1 saturated heterocycles. The molecule has 3 nitrogen and oxygen atoms in total. The van der Waals surface area contributed by atoms with Gasteiger partial charge in [-0.25, -0.2) is 4.39 Å². The lowest BCUT2D eigenvalue weighted by molar-refractivity contribution is 0.0679. The molecule has 1 aliphatic rings. The number of halogens is 1. The van der Waals surface area contributed by atoms with Crippen LogP contribution in [0.5, 0.6) is 5.75 Å². The van der Waals surface area contributed by atoms with Crippen molar-refractivity contribution in [1.29, 1.82) is 0 Å². The second-order valence-electron chi connectivity index (χ2n) is 5.42. The average molecular weight is 301 g/mol. The van der Waals surface area contributed by atoms with Crippen molar-refractivity contribution in [2.75, 3.05) is 18.5 Å². The Morgan fingerprint density at radius 3 is 2.68 bits per heavy atom. The second-order valence-corrected chi connectivity index (χ2v) is 5.42. The summed E-state index contributed by atoms with van der Waals surface area (Å²) in [6, 6.07) is 14.5. The summed E-state index contributed by atoms with van der Waals surface area (Å²) in [7, 11) is 0. The number of rotatable bonds is 6. The van der Waals surface area contributed by atoms with E-state index in [9.17, 15) is 4.39 Å². The van der Waals surface area contributed by atoms with Gasteiger partial charge in [0.25, 0.3) is 0 Å². The molecule has 1 atom stereocenters. The van der Waals surface area contributed by atoms with Crippen molar-refractivity contribution >= 4 is 5.69 Å². The first kappa shape index (κ1) is 14.9. The Balaban J connectivity index is 1.49. The van der Waals surface area contributed by atoms with Crippen LogP contribution in [-0.2, 0) is 11.3 Å². The van der Waals surface area contributed by atoms with Gasteiger partial charge in [0.15, 0.2) is 0 Å². The predicted octanol–water partition coefficient (Wildman–Crippen LogP) is 4.00. The molecule has 2 aromatic rings. The van der Waals surface area contributed by atoms with Crippen LogP contribution >= 0.6 is 0 Å². The third-order valence-corrected chi connectivity index (χ3v) is 3.74. The summed E-state index contributed by atoms with van der Waals surface area (Å²) >= 11 is 0. The van der Waals surface area contributed by atoms with E-state index in [4.69, 9.17) is 9.47 Å². The van der Waals surface area contributed by atoms with Crippen LogP contribution in [0.2, 0.25) is 0 Å². The van der Waals surface area contributed by atoms with Gasteiger partial charge in [0.2, 0.25) is 0 Å². The van der Waals surface area contributed by atoms with Gasteiger partial charge in [0.05, 0.1) is 11.8 Å². The molecule has 1 aliphatic heterocycles. The summed E-state index contributed by atoms with van der Waals surface area (Å²) in [6.45, 7) is 2.02. The average Bonchev–Trinajstić information content (AvgIpc) is 3.07. The Morgan fingerprint density at radius 2 is 1.95 bits per heavy atom. The van der Waals surface area contributed by atoms with E-state index >= 15 is 0 Å². The zero-order chi connectivity index (χ0) is 15.2. The molecule has 0 bridgehead atoms. The SMILES string of the molecule is Fc1ccccc1NCc1ccc(OCC2CCCO2)cc1. The fourth-order valence-electron chi connectivity index (χ4n) is 2.47. The molecule has 1 unspecified atom stereocenters. The largest absolute Gasteiger partial charge is 0.491 e. The molecule has 116 valence electrons. The molecule has 0 saturated carbocycles. The van der Waals surface area contributed by atoms with Gasteiger partial charge in [0, 0.05) is 13.2 Å². The summed E-state index contributed by atoms with van der Waals surface area (Å²) < 4.78 is 24.8. The Kier molecular flexibility index (Phi) is 4.91. The highest BCUT2D eigenvalue weighted by molar-refractivity contribution is 5.45. The Morgan fingerprint density at radius 1 is 1.14 bits per heavy atom. The smallest absolute Gasteiger partial charge is 0.146 e. The van der Waals surface area contributed by atoms with E-state index in [0.29, 0.717) is 18.8 Å². The molecule has 1 heterocycles. The van der Waals surface area contributed by atoms with Crippen molar-refractivity contribution in [3.05, 3.63) is 59.9 Å². The molecule has 0 amide bonds. The predicted molar refractivity (Wildman–Crippen MR) is 84.6 cm³/mol. The van der Waals surface area contributed by atoms with Crippen LogP contribution < -0.4 is 10.1 Å². The highest BCUT2D eigenvalue weighted by Crippen LogP contribution is 2.18. The van der Waals surface area contributed by atoms with Gasteiger partial charge in [-0.3, -0.25) is 0 Å². The molecule has 1 N–H and O–H groups in total. The highest BCUT2D eigenvalue weighted by Gasteiger charge is 2.15. The van der Waals surface area contributed by atoms with Crippen molar-refractivity contribution in [3.8, 4) is 5.75 Å². The number of hydrogen-bond donors (Lipinski definition) is 1. The van der Waals surface area contributed by atoms with Crippen LogP contribution in [0.15, 0.2) is 48.5 Å². The fourth-order valence-corrected chi connectivity index (χ4v) is 2.47. The first-order valence-corrected chi connectivity index (χ1v) is 7.63. The number of nitrogens with one attached hydrogen (secondary N) is 1. The zero-order valence-electron chi connectivity index (χ0n) is 12.4. The summed E-state index contributed by atoms with van der Waals surface area (Å²) in [4.78, 5) is 0. The van der Waals surface area contributed by atoms with E-state index in [1.165, 1.54) is 6.07 Å². The maximum Gasteiger partial charge on any atom is 0.146 e. The summed E-state index contributed by atoms with van der Waals surface area (Å²) in [5.41, 5.74) is 1.59.